The minimum Gasteiger partial charge on any atom is -0.363 e. The number of carbonyl (C=O) groups excluding carboxylic acids is 2. The number of hydrogen-bond acceptors (Lipinski definition) is 5. The smallest absolute Gasteiger partial charge is 0.282 e. The van der Waals surface area contributed by atoms with Gasteiger partial charge < -0.3 is 9.80 Å². The third-order valence-corrected chi connectivity index (χ3v) is 6.33. The van der Waals surface area contributed by atoms with E-state index in [4.69, 9.17) is 11.6 Å². The number of pyridine rings is 1. The number of halogens is 1. The molecule has 0 unspecified atom stereocenters. The van der Waals surface area contributed by atoms with Gasteiger partial charge in [0.05, 0.1) is 11.3 Å². The van der Waals surface area contributed by atoms with Gasteiger partial charge in [-0.1, -0.05) is 48.0 Å². The van der Waals surface area contributed by atoms with Gasteiger partial charge in [-0.25, -0.2) is 9.88 Å². The lowest BCUT2D eigenvalue weighted by atomic mass is 10.0. The molecule has 0 radical (unpaired) electrons. The standard InChI is InChI=1S/C26H23ClN4O2/c1-18-17-20(27)10-11-21(18)31-25(32)23(19-7-3-2-4-8-19)24(26(31)33)30-15-13-29(14-16-30)22-9-5-6-12-28-22/h2-12,17H,13-16H2,1H3. The third-order valence-electron chi connectivity index (χ3n) is 6.09. The molecule has 5 rings (SSSR count). The number of carbonyl (C=O) groups is 2. The maximum atomic E-state index is 13.7. The number of aromatic nitrogens is 1. The molecule has 0 bridgehead atoms. The van der Waals surface area contributed by atoms with E-state index in [9.17, 15) is 9.59 Å². The van der Waals surface area contributed by atoms with Gasteiger partial charge in [0.25, 0.3) is 11.8 Å². The summed E-state index contributed by atoms with van der Waals surface area (Å²) >= 11 is 6.12. The zero-order chi connectivity index (χ0) is 22.9. The van der Waals surface area contributed by atoms with Crippen molar-refractivity contribution < 1.29 is 9.59 Å². The Morgan fingerprint density at radius 3 is 2.18 bits per heavy atom. The second-order valence-electron chi connectivity index (χ2n) is 8.13. The van der Waals surface area contributed by atoms with Crippen LogP contribution in [0.3, 0.4) is 0 Å². The highest BCUT2D eigenvalue weighted by Gasteiger charge is 2.43. The quantitative estimate of drug-likeness (QED) is 0.550. The molecule has 3 aromatic rings. The predicted molar refractivity (Wildman–Crippen MR) is 130 cm³/mol. The van der Waals surface area contributed by atoms with Crippen LogP contribution in [0.1, 0.15) is 11.1 Å². The zero-order valence-electron chi connectivity index (χ0n) is 18.2. The number of hydrogen-bond donors (Lipinski definition) is 0. The first-order chi connectivity index (χ1) is 16.0. The molecule has 166 valence electrons. The molecule has 1 aromatic heterocycles. The van der Waals surface area contributed by atoms with Gasteiger partial charge in [0.1, 0.15) is 11.5 Å². The second-order valence-corrected chi connectivity index (χ2v) is 8.56. The first-order valence-corrected chi connectivity index (χ1v) is 11.3. The number of nitrogens with zero attached hydrogens (tertiary/aromatic N) is 4. The van der Waals surface area contributed by atoms with Gasteiger partial charge in [0.2, 0.25) is 0 Å². The van der Waals surface area contributed by atoms with Crippen molar-refractivity contribution in [1.82, 2.24) is 9.88 Å². The van der Waals surface area contributed by atoms with Crippen LogP contribution in [0.5, 0.6) is 0 Å². The molecule has 0 saturated carbocycles. The summed E-state index contributed by atoms with van der Waals surface area (Å²) in [7, 11) is 0. The van der Waals surface area contributed by atoms with Crippen LogP contribution in [0.2, 0.25) is 5.02 Å². The molecular weight excluding hydrogens is 436 g/mol. The Bertz CT molecular complexity index is 1240. The first kappa shape index (κ1) is 21.2. The van der Waals surface area contributed by atoms with E-state index in [0.717, 1.165) is 16.9 Å². The molecule has 7 heteroatoms. The van der Waals surface area contributed by atoms with Crippen LogP contribution in [-0.4, -0.2) is 47.9 Å². The van der Waals surface area contributed by atoms with E-state index >= 15 is 0 Å². The normalized spacial score (nSPS) is 16.7. The molecule has 6 nitrogen and oxygen atoms in total. The number of benzene rings is 2. The van der Waals surface area contributed by atoms with E-state index in [2.05, 4.69) is 9.88 Å². The van der Waals surface area contributed by atoms with Crippen molar-refractivity contribution in [1.29, 1.82) is 0 Å². The van der Waals surface area contributed by atoms with Crippen molar-refractivity contribution in [2.45, 2.75) is 6.92 Å². The van der Waals surface area contributed by atoms with Crippen LogP contribution < -0.4 is 9.80 Å². The Kier molecular flexibility index (Phi) is 5.60. The zero-order valence-corrected chi connectivity index (χ0v) is 19.0. The molecule has 0 spiro atoms. The van der Waals surface area contributed by atoms with Gasteiger partial charge in [-0.3, -0.25) is 9.59 Å². The lowest BCUT2D eigenvalue weighted by Gasteiger charge is -2.37. The molecule has 2 aliphatic rings. The fourth-order valence-corrected chi connectivity index (χ4v) is 4.69. The molecule has 33 heavy (non-hydrogen) atoms. The van der Waals surface area contributed by atoms with E-state index in [1.165, 1.54) is 4.90 Å². The van der Waals surface area contributed by atoms with Gasteiger partial charge in [-0.2, -0.15) is 0 Å². The number of imide groups is 1. The van der Waals surface area contributed by atoms with Gasteiger partial charge in [-0.05, 0) is 48.4 Å². The van der Waals surface area contributed by atoms with Crippen molar-refractivity contribution >= 4 is 40.5 Å². The Balaban J connectivity index is 1.51. The molecule has 2 amide bonds. The van der Waals surface area contributed by atoms with E-state index in [0.29, 0.717) is 48.2 Å². The highest BCUT2D eigenvalue weighted by atomic mass is 35.5. The molecule has 2 aromatic carbocycles. The summed E-state index contributed by atoms with van der Waals surface area (Å²) in [5.74, 6) is 0.316. The number of anilines is 2. The van der Waals surface area contributed by atoms with E-state index in [-0.39, 0.29) is 11.8 Å². The van der Waals surface area contributed by atoms with E-state index in [1.807, 2.05) is 60.4 Å². The Morgan fingerprint density at radius 2 is 1.52 bits per heavy atom. The van der Waals surface area contributed by atoms with Crippen LogP contribution >= 0.6 is 11.6 Å². The average molecular weight is 459 g/mol. The molecule has 0 aliphatic carbocycles. The average Bonchev–Trinajstić information content (AvgIpc) is 3.10. The Labute approximate surface area is 197 Å². The summed E-state index contributed by atoms with van der Waals surface area (Å²) < 4.78 is 0. The highest BCUT2D eigenvalue weighted by Crippen LogP contribution is 2.37. The fourth-order valence-electron chi connectivity index (χ4n) is 4.47. The van der Waals surface area contributed by atoms with E-state index < -0.39 is 0 Å². The van der Waals surface area contributed by atoms with Crippen molar-refractivity contribution in [3.05, 3.63) is 94.8 Å². The molecule has 2 aliphatic heterocycles. The minimum absolute atomic E-state index is 0.296. The van der Waals surface area contributed by atoms with Crippen LogP contribution in [0, 0.1) is 6.92 Å². The van der Waals surface area contributed by atoms with Crippen LogP contribution in [0.25, 0.3) is 5.57 Å². The Morgan fingerprint density at radius 1 is 0.818 bits per heavy atom. The molecule has 1 fully saturated rings. The summed E-state index contributed by atoms with van der Waals surface area (Å²) in [5, 5.41) is 0.567. The number of amides is 2. The summed E-state index contributed by atoms with van der Waals surface area (Å²) in [4.78, 5) is 37.4. The van der Waals surface area contributed by atoms with Crippen LogP contribution in [-0.2, 0) is 9.59 Å². The van der Waals surface area contributed by atoms with E-state index in [1.54, 1.807) is 24.4 Å². The second kappa shape index (κ2) is 8.71. The topological polar surface area (TPSA) is 56.8 Å². The van der Waals surface area contributed by atoms with Crippen LogP contribution in [0.4, 0.5) is 11.5 Å². The van der Waals surface area contributed by atoms with Gasteiger partial charge in [-0.15, -0.1) is 0 Å². The maximum Gasteiger partial charge on any atom is 0.282 e. The number of rotatable bonds is 4. The fraction of sp³-hybridized carbons (Fsp3) is 0.192. The molecule has 0 atom stereocenters. The number of aryl methyl sites for hydroxylation is 1. The van der Waals surface area contributed by atoms with Gasteiger partial charge in [0, 0.05) is 37.4 Å². The maximum absolute atomic E-state index is 13.7. The summed E-state index contributed by atoms with van der Waals surface area (Å²) in [6.07, 6.45) is 1.78. The lowest BCUT2D eigenvalue weighted by molar-refractivity contribution is -0.120. The monoisotopic (exact) mass is 458 g/mol. The van der Waals surface area contributed by atoms with Gasteiger partial charge >= 0.3 is 0 Å². The molecule has 1 saturated heterocycles. The molecule has 0 N–H and O–H groups in total. The highest BCUT2D eigenvalue weighted by molar-refractivity contribution is 6.45. The van der Waals surface area contributed by atoms with Crippen molar-refractivity contribution in [2.75, 3.05) is 36.0 Å². The van der Waals surface area contributed by atoms with Crippen molar-refractivity contribution in [3.8, 4) is 0 Å². The van der Waals surface area contributed by atoms with Gasteiger partial charge in [0.15, 0.2) is 0 Å². The van der Waals surface area contributed by atoms with Crippen LogP contribution in [0.15, 0.2) is 78.6 Å². The van der Waals surface area contributed by atoms with Crippen molar-refractivity contribution in [3.63, 3.8) is 0 Å². The first-order valence-electron chi connectivity index (χ1n) is 10.9. The predicted octanol–water partition coefficient (Wildman–Crippen LogP) is 4.15. The minimum atomic E-state index is -0.307. The third kappa shape index (κ3) is 3.87. The number of piperazine rings is 1. The summed E-state index contributed by atoms with van der Waals surface area (Å²) in [5.41, 5.74) is 2.98. The largest absolute Gasteiger partial charge is 0.363 e. The summed E-state index contributed by atoms with van der Waals surface area (Å²) in [6, 6.07) is 20.5. The summed E-state index contributed by atoms with van der Waals surface area (Å²) in [6.45, 7) is 4.52. The lowest BCUT2D eigenvalue weighted by Crippen LogP contribution is -2.48. The Hall–Kier alpha value is -3.64. The van der Waals surface area contributed by atoms with Crippen molar-refractivity contribution in [2.24, 2.45) is 0 Å². The molecule has 3 heterocycles. The SMILES string of the molecule is Cc1cc(Cl)ccc1N1C(=O)C(c2ccccc2)=C(N2CCN(c3ccccn3)CC2)C1=O. The molecular formula is C26H23ClN4O2.